The topological polar surface area (TPSA) is 32.6 Å². The normalized spacial score (nSPS) is 11.1. The fourth-order valence-electron chi connectivity index (χ4n) is 1.24. The minimum atomic E-state index is 0.312. The lowest BCUT2D eigenvalue weighted by Gasteiger charge is -1.97. The minimum Gasteiger partial charge on any atom is -0.396 e. The molecular formula is C13H19NOS. The number of hydrogen-bond donors (Lipinski definition) is 1. The van der Waals surface area contributed by atoms with Crippen LogP contribution in [0, 0.1) is 0 Å². The number of aliphatic imine (C=N–C) groups is 1. The summed E-state index contributed by atoms with van der Waals surface area (Å²) in [7, 11) is 0. The maximum absolute atomic E-state index is 8.60. The molecule has 0 atom stereocenters. The number of unbranched alkanes of at least 4 members (excludes halogenated alkanes) is 1. The molecule has 0 heterocycles. The van der Waals surface area contributed by atoms with Crippen molar-refractivity contribution in [1.29, 1.82) is 0 Å². The van der Waals surface area contributed by atoms with E-state index in [1.807, 2.05) is 36.2 Å². The predicted octanol–water partition coefficient (Wildman–Crippen LogP) is 2.61. The van der Waals surface area contributed by atoms with E-state index in [1.165, 1.54) is 0 Å². The number of rotatable bonds is 8. The van der Waals surface area contributed by atoms with Crippen LogP contribution in [0.4, 0.5) is 0 Å². The standard InChI is InChI=1S/C13H19NOS/c15-9-4-5-10-16-11-8-14-12-13-6-2-1-3-7-13/h1-3,6-7,12,15H,4-5,8-11H2. The summed E-state index contributed by atoms with van der Waals surface area (Å²) in [6.45, 7) is 1.19. The van der Waals surface area contributed by atoms with E-state index < -0.39 is 0 Å². The highest BCUT2D eigenvalue weighted by molar-refractivity contribution is 7.99. The first-order chi connectivity index (χ1) is 7.93. The van der Waals surface area contributed by atoms with Gasteiger partial charge in [-0.05, 0) is 24.2 Å². The van der Waals surface area contributed by atoms with Crippen LogP contribution in [-0.4, -0.2) is 36.0 Å². The molecule has 1 rings (SSSR count). The average molecular weight is 237 g/mol. The molecule has 0 aliphatic heterocycles. The molecule has 0 amide bonds. The number of aliphatic hydroxyl groups is 1. The molecule has 0 saturated heterocycles. The summed E-state index contributed by atoms with van der Waals surface area (Å²) in [5.41, 5.74) is 1.16. The van der Waals surface area contributed by atoms with E-state index in [4.69, 9.17) is 5.11 Å². The monoisotopic (exact) mass is 237 g/mol. The van der Waals surface area contributed by atoms with Gasteiger partial charge in [0.25, 0.3) is 0 Å². The Morgan fingerprint density at radius 3 is 2.69 bits per heavy atom. The molecule has 1 aromatic carbocycles. The lowest BCUT2D eigenvalue weighted by molar-refractivity contribution is 0.287. The van der Waals surface area contributed by atoms with E-state index in [0.717, 1.165) is 36.5 Å². The number of aliphatic hydroxyl groups excluding tert-OH is 1. The summed E-state index contributed by atoms with van der Waals surface area (Å²) >= 11 is 1.90. The van der Waals surface area contributed by atoms with Gasteiger partial charge in [-0.25, -0.2) is 0 Å². The van der Waals surface area contributed by atoms with Gasteiger partial charge in [0.2, 0.25) is 0 Å². The smallest absolute Gasteiger partial charge is 0.0480 e. The highest BCUT2D eigenvalue weighted by Crippen LogP contribution is 2.03. The van der Waals surface area contributed by atoms with Crippen LogP contribution in [0.3, 0.4) is 0 Å². The maximum Gasteiger partial charge on any atom is 0.0480 e. The van der Waals surface area contributed by atoms with Crippen molar-refractivity contribution >= 4 is 18.0 Å². The van der Waals surface area contributed by atoms with Crippen LogP contribution in [0.5, 0.6) is 0 Å². The Hall–Kier alpha value is -0.800. The van der Waals surface area contributed by atoms with Gasteiger partial charge < -0.3 is 5.11 Å². The van der Waals surface area contributed by atoms with E-state index in [1.54, 1.807) is 0 Å². The molecule has 1 aromatic rings. The fraction of sp³-hybridized carbons (Fsp3) is 0.462. The van der Waals surface area contributed by atoms with Gasteiger partial charge in [-0.1, -0.05) is 30.3 Å². The van der Waals surface area contributed by atoms with Crippen molar-refractivity contribution in [2.24, 2.45) is 4.99 Å². The lowest BCUT2D eigenvalue weighted by Crippen LogP contribution is -1.91. The summed E-state index contributed by atoms with van der Waals surface area (Å²) in [4.78, 5) is 4.36. The maximum atomic E-state index is 8.60. The SMILES string of the molecule is OCCCCSCCN=Cc1ccccc1. The molecule has 0 aliphatic rings. The summed E-state index contributed by atoms with van der Waals surface area (Å²) in [6.07, 6.45) is 3.94. The van der Waals surface area contributed by atoms with Crippen LogP contribution < -0.4 is 0 Å². The van der Waals surface area contributed by atoms with E-state index >= 15 is 0 Å². The van der Waals surface area contributed by atoms with Crippen molar-refractivity contribution in [3.63, 3.8) is 0 Å². The highest BCUT2D eigenvalue weighted by Gasteiger charge is 1.89. The Morgan fingerprint density at radius 1 is 1.12 bits per heavy atom. The third-order valence-corrected chi connectivity index (χ3v) is 3.15. The zero-order valence-corrected chi connectivity index (χ0v) is 10.3. The lowest BCUT2D eigenvalue weighted by atomic mass is 10.2. The molecule has 0 unspecified atom stereocenters. The first-order valence-corrected chi connectivity index (χ1v) is 6.82. The minimum absolute atomic E-state index is 0.312. The van der Waals surface area contributed by atoms with Crippen molar-refractivity contribution in [3.8, 4) is 0 Å². The largest absolute Gasteiger partial charge is 0.396 e. The van der Waals surface area contributed by atoms with Crippen molar-refractivity contribution in [1.82, 2.24) is 0 Å². The Balaban J connectivity index is 2.01. The summed E-state index contributed by atoms with van der Waals surface area (Å²) < 4.78 is 0. The van der Waals surface area contributed by atoms with E-state index in [-0.39, 0.29) is 0 Å². The van der Waals surface area contributed by atoms with Gasteiger partial charge in [0.1, 0.15) is 0 Å². The number of hydrogen-bond acceptors (Lipinski definition) is 3. The fourth-order valence-corrected chi connectivity index (χ4v) is 2.09. The van der Waals surface area contributed by atoms with Gasteiger partial charge in [-0.2, -0.15) is 11.8 Å². The van der Waals surface area contributed by atoms with Gasteiger partial charge in [0.15, 0.2) is 0 Å². The van der Waals surface area contributed by atoms with Crippen molar-refractivity contribution < 1.29 is 5.11 Å². The molecule has 16 heavy (non-hydrogen) atoms. The second-order valence-electron chi connectivity index (χ2n) is 3.49. The second kappa shape index (κ2) is 9.43. The van der Waals surface area contributed by atoms with Gasteiger partial charge in [0, 0.05) is 25.1 Å². The Bertz CT molecular complexity index is 287. The molecule has 0 fully saturated rings. The molecule has 0 spiro atoms. The molecule has 0 radical (unpaired) electrons. The number of benzene rings is 1. The van der Waals surface area contributed by atoms with Crippen LogP contribution in [0.1, 0.15) is 18.4 Å². The Morgan fingerprint density at radius 2 is 1.94 bits per heavy atom. The zero-order valence-electron chi connectivity index (χ0n) is 9.51. The van der Waals surface area contributed by atoms with Crippen molar-refractivity contribution in [2.75, 3.05) is 24.7 Å². The van der Waals surface area contributed by atoms with E-state index in [9.17, 15) is 0 Å². The van der Waals surface area contributed by atoms with Gasteiger partial charge >= 0.3 is 0 Å². The van der Waals surface area contributed by atoms with Crippen molar-refractivity contribution in [2.45, 2.75) is 12.8 Å². The quantitative estimate of drug-likeness (QED) is 0.557. The molecule has 0 aliphatic carbocycles. The molecular weight excluding hydrogens is 218 g/mol. The third-order valence-electron chi connectivity index (χ3n) is 2.10. The summed E-state index contributed by atoms with van der Waals surface area (Å²) in [6, 6.07) is 10.2. The molecule has 1 N–H and O–H groups in total. The van der Waals surface area contributed by atoms with Crippen LogP contribution in [0.2, 0.25) is 0 Å². The van der Waals surface area contributed by atoms with Crippen LogP contribution >= 0.6 is 11.8 Å². The first kappa shape index (κ1) is 13.3. The molecule has 2 nitrogen and oxygen atoms in total. The zero-order chi connectivity index (χ0) is 11.5. The van der Waals surface area contributed by atoms with E-state index in [2.05, 4.69) is 17.1 Å². The summed E-state index contributed by atoms with van der Waals surface area (Å²) in [5, 5.41) is 8.60. The van der Waals surface area contributed by atoms with Gasteiger partial charge in [-0.15, -0.1) is 0 Å². The second-order valence-corrected chi connectivity index (χ2v) is 4.71. The molecule has 0 saturated carbocycles. The molecule has 0 bridgehead atoms. The van der Waals surface area contributed by atoms with Crippen LogP contribution in [-0.2, 0) is 0 Å². The van der Waals surface area contributed by atoms with Crippen LogP contribution in [0.15, 0.2) is 35.3 Å². The first-order valence-electron chi connectivity index (χ1n) is 5.67. The number of nitrogens with zero attached hydrogens (tertiary/aromatic N) is 1. The molecule has 0 aromatic heterocycles. The van der Waals surface area contributed by atoms with Gasteiger partial charge in [0.05, 0.1) is 0 Å². The Labute approximate surface area is 102 Å². The highest BCUT2D eigenvalue weighted by atomic mass is 32.2. The molecule has 3 heteroatoms. The third kappa shape index (κ3) is 6.64. The molecule has 88 valence electrons. The average Bonchev–Trinajstić information content (AvgIpc) is 2.34. The van der Waals surface area contributed by atoms with Crippen molar-refractivity contribution in [3.05, 3.63) is 35.9 Å². The van der Waals surface area contributed by atoms with E-state index in [0.29, 0.717) is 6.61 Å². The number of thioether (sulfide) groups is 1. The van der Waals surface area contributed by atoms with Crippen LogP contribution in [0.25, 0.3) is 0 Å². The van der Waals surface area contributed by atoms with Gasteiger partial charge in [-0.3, -0.25) is 4.99 Å². The summed E-state index contributed by atoms with van der Waals surface area (Å²) in [5.74, 6) is 2.19. The Kier molecular flexibility index (Phi) is 7.82. The predicted molar refractivity (Wildman–Crippen MR) is 72.5 cm³/mol.